The highest BCUT2D eigenvalue weighted by Gasteiger charge is 2.27. The van der Waals surface area contributed by atoms with E-state index in [1.807, 2.05) is 42.0 Å². The zero-order chi connectivity index (χ0) is 24.1. The number of amides is 1. The SMILES string of the molecule is Cc1nccn1-c1ccccc1CNC(=O)CN(c1ccc(F)cc1)S(=O)(=O)c1ccccc1. The van der Waals surface area contributed by atoms with E-state index in [0.717, 1.165) is 33.5 Å². The quantitative estimate of drug-likeness (QED) is 0.417. The standard InChI is InChI=1S/C25H23FN4O3S/c1-19-27-15-16-29(19)24-10-6-5-7-20(24)17-28-25(31)18-30(22-13-11-21(26)12-14-22)34(32,33)23-8-3-2-4-9-23/h2-16H,17-18H2,1H3,(H,28,31). The first-order valence-corrected chi connectivity index (χ1v) is 12.0. The molecular weight excluding hydrogens is 455 g/mol. The number of para-hydroxylation sites is 1. The second-order valence-electron chi connectivity index (χ2n) is 7.55. The van der Waals surface area contributed by atoms with Gasteiger partial charge in [0.1, 0.15) is 18.2 Å². The zero-order valence-corrected chi connectivity index (χ0v) is 19.2. The predicted octanol–water partition coefficient (Wildman–Crippen LogP) is 3.83. The Bertz CT molecular complexity index is 1390. The number of nitrogens with one attached hydrogen (secondary N) is 1. The number of halogens is 1. The molecule has 7 nitrogen and oxygen atoms in total. The number of carbonyl (C=O) groups is 1. The highest BCUT2D eigenvalue weighted by atomic mass is 32.2. The summed E-state index contributed by atoms with van der Waals surface area (Å²) in [5.41, 5.74) is 1.90. The Balaban J connectivity index is 1.57. The fraction of sp³-hybridized carbons (Fsp3) is 0.120. The van der Waals surface area contributed by atoms with Gasteiger partial charge in [0.25, 0.3) is 10.0 Å². The number of nitrogens with zero attached hydrogens (tertiary/aromatic N) is 3. The van der Waals surface area contributed by atoms with Gasteiger partial charge in [0.15, 0.2) is 0 Å². The number of imidazole rings is 1. The maximum absolute atomic E-state index is 13.5. The Morgan fingerprint density at radius 2 is 1.68 bits per heavy atom. The van der Waals surface area contributed by atoms with Crippen LogP contribution in [0, 0.1) is 12.7 Å². The summed E-state index contributed by atoms with van der Waals surface area (Å²) in [6.07, 6.45) is 3.53. The molecule has 1 amide bonds. The van der Waals surface area contributed by atoms with Gasteiger partial charge in [0.2, 0.25) is 5.91 Å². The molecule has 1 heterocycles. The molecule has 9 heteroatoms. The molecule has 0 radical (unpaired) electrons. The van der Waals surface area contributed by atoms with E-state index >= 15 is 0 Å². The van der Waals surface area contributed by atoms with Crippen molar-refractivity contribution in [2.75, 3.05) is 10.8 Å². The van der Waals surface area contributed by atoms with E-state index in [1.54, 1.807) is 24.4 Å². The highest BCUT2D eigenvalue weighted by molar-refractivity contribution is 7.92. The molecule has 0 atom stereocenters. The van der Waals surface area contributed by atoms with E-state index in [0.29, 0.717) is 0 Å². The normalized spacial score (nSPS) is 11.2. The lowest BCUT2D eigenvalue weighted by Gasteiger charge is -2.24. The lowest BCUT2D eigenvalue weighted by molar-refractivity contribution is -0.119. The number of aryl methyl sites for hydroxylation is 1. The average Bonchev–Trinajstić information content (AvgIpc) is 3.28. The fourth-order valence-electron chi connectivity index (χ4n) is 3.55. The number of hydrogen-bond acceptors (Lipinski definition) is 4. The number of carbonyl (C=O) groups excluding carboxylic acids is 1. The van der Waals surface area contributed by atoms with Crippen molar-refractivity contribution in [3.8, 4) is 5.69 Å². The number of sulfonamides is 1. The molecule has 0 aliphatic heterocycles. The van der Waals surface area contributed by atoms with Crippen molar-refractivity contribution in [1.29, 1.82) is 0 Å². The minimum atomic E-state index is -4.06. The van der Waals surface area contributed by atoms with Gasteiger partial charge in [-0.2, -0.15) is 0 Å². The van der Waals surface area contributed by atoms with Gasteiger partial charge < -0.3 is 9.88 Å². The molecule has 0 unspecified atom stereocenters. The Morgan fingerprint density at radius 1 is 1.00 bits per heavy atom. The van der Waals surface area contributed by atoms with Crippen LogP contribution in [-0.4, -0.2) is 30.4 Å². The van der Waals surface area contributed by atoms with E-state index in [2.05, 4.69) is 10.3 Å². The van der Waals surface area contributed by atoms with E-state index in [9.17, 15) is 17.6 Å². The van der Waals surface area contributed by atoms with Crippen LogP contribution in [0.25, 0.3) is 5.69 Å². The molecule has 0 saturated carbocycles. The van der Waals surface area contributed by atoms with Crippen LogP contribution >= 0.6 is 0 Å². The second kappa shape index (κ2) is 9.88. The van der Waals surface area contributed by atoms with Gasteiger partial charge in [-0.15, -0.1) is 0 Å². The summed E-state index contributed by atoms with van der Waals surface area (Å²) in [6.45, 7) is 1.61. The Labute approximate surface area is 197 Å². The van der Waals surface area contributed by atoms with Crippen molar-refractivity contribution in [2.24, 2.45) is 0 Å². The lowest BCUT2D eigenvalue weighted by atomic mass is 10.1. The van der Waals surface area contributed by atoms with Crippen molar-refractivity contribution in [2.45, 2.75) is 18.4 Å². The first-order valence-electron chi connectivity index (χ1n) is 10.5. The average molecular weight is 479 g/mol. The summed E-state index contributed by atoms with van der Waals surface area (Å²) in [5, 5.41) is 2.80. The number of rotatable bonds is 8. The van der Waals surface area contributed by atoms with E-state index in [4.69, 9.17) is 0 Å². The lowest BCUT2D eigenvalue weighted by Crippen LogP contribution is -2.40. The van der Waals surface area contributed by atoms with Gasteiger partial charge >= 0.3 is 0 Å². The minimum Gasteiger partial charge on any atom is -0.350 e. The molecule has 1 N–H and O–H groups in total. The van der Waals surface area contributed by atoms with Crippen LogP contribution in [-0.2, 0) is 21.4 Å². The third kappa shape index (κ3) is 4.99. The van der Waals surface area contributed by atoms with E-state index in [-0.39, 0.29) is 17.1 Å². The number of aromatic nitrogens is 2. The van der Waals surface area contributed by atoms with Crippen LogP contribution in [0.4, 0.5) is 10.1 Å². The molecule has 0 saturated heterocycles. The molecule has 34 heavy (non-hydrogen) atoms. The Morgan fingerprint density at radius 3 is 2.35 bits per heavy atom. The smallest absolute Gasteiger partial charge is 0.264 e. The van der Waals surface area contributed by atoms with Crippen LogP contribution in [0.5, 0.6) is 0 Å². The molecule has 3 aromatic carbocycles. The number of benzene rings is 3. The van der Waals surface area contributed by atoms with Gasteiger partial charge in [0.05, 0.1) is 16.3 Å². The summed E-state index contributed by atoms with van der Waals surface area (Å²) in [5.74, 6) is -0.201. The predicted molar refractivity (Wildman–Crippen MR) is 128 cm³/mol. The molecule has 0 aliphatic carbocycles. The van der Waals surface area contributed by atoms with E-state index in [1.165, 1.54) is 24.3 Å². The zero-order valence-electron chi connectivity index (χ0n) is 18.4. The highest BCUT2D eigenvalue weighted by Crippen LogP contribution is 2.24. The van der Waals surface area contributed by atoms with Crippen molar-refractivity contribution in [1.82, 2.24) is 14.9 Å². The summed E-state index contributed by atoms with van der Waals surface area (Å²) >= 11 is 0. The number of anilines is 1. The molecule has 1 aromatic heterocycles. The second-order valence-corrected chi connectivity index (χ2v) is 9.41. The topological polar surface area (TPSA) is 84.3 Å². The van der Waals surface area contributed by atoms with Crippen LogP contribution < -0.4 is 9.62 Å². The van der Waals surface area contributed by atoms with Crippen molar-refractivity contribution >= 4 is 21.6 Å². The third-order valence-corrected chi connectivity index (χ3v) is 7.07. The summed E-state index contributed by atoms with van der Waals surface area (Å²) < 4.78 is 43.0. The third-order valence-electron chi connectivity index (χ3n) is 5.29. The monoisotopic (exact) mass is 478 g/mol. The van der Waals surface area contributed by atoms with Crippen molar-refractivity contribution < 1.29 is 17.6 Å². The number of hydrogen-bond donors (Lipinski definition) is 1. The molecule has 174 valence electrons. The van der Waals surface area contributed by atoms with Crippen LogP contribution in [0.3, 0.4) is 0 Å². The molecular formula is C25H23FN4O3S. The summed E-state index contributed by atoms with van der Waals surface area (Å²) in [6, 6.07) is 20.3. The first-order chi connectivity index (χ1) is 16.4. The summed E-state index contributed by atoms with van der Waals surface area (Å²) in [7, 11) is -4.06. The van der Waals surface area contributed by atoms with Gasteiger partial charge in [-0.05, 0) is 55.0 Å². The van der Waals surface area contributed by atoms with Gasteiger partial charge in [-0.25, -0.2) is 17.8 Å². The fourth-order valence-corrected chi connectivity index (χ4v) is 4.99. The van der Waals surface area contributed by atoms with E-state index < -0.39 is 28.3 Å². The Hall–Kier alpha value is -3.98. The first kappa shape index (κ1) is 23.2. The van der Waals surface area contributed by atoms with Gasteiger partial charge in [0, 0.05) is 18.9 Å². The largest absolute Gasteiger partial charge is 0.350 e. The maximum atomic E-state index is 13.5. The van der Waals surface area contributed by atoms with Crippen molar-refractivity contribution in [3.05, 3.63) is 108 Å². The summed E-state index contributed by atoms with van der Waals surface area (Å²) in [4.78, 5) is 17.2. The minimum absolute atomic E-state index is 0.0352. The molecule has 4 aromatic rings. The van der Waals surface area contributed by atoms with Crippen LogP contribution in [0.1, 0.15) is 11.4 Å². The van der Waals surface area contributed by atoms with Crippen LogP contribution in [0.15, 0.2) is 96.2 Å². The van der Waals surface area contributed by atoms with Crippen molar-refractivity contribution in [3.63, 3.8) is 0 Å². The molecule has 4 rings (SSSR count). The van der Waals surface area contributed by atoms with Crippen LogP contribution in [0.2, 0.25) is 0 Å². The molecule has 0 spiro atoms. The van der Waals surface area contributed by atoms with Gasteiger partial charge in [-0.3, -0.25) is 9.10 Å². The molecule has 0 bridgehead atoms. The molecule has 0 fully saturated rings. The molecule has 0 aliphatic rings. The Kier molecular flexibility index (Phi) is 6.74. The maximum Gasteiger partial charge on any atom is 0.264 e. The van der Waals surface area contributed by atoms with Gasteiger partial charge in [-0.1, -0.05) is 36.4 Å².